The summed E-state index contributed by atoms with van der Waals surface area (Å²) in [5, 5.41) is 8.60. The molecule has 0 aromatic heterocycles. The van der Waals surface area contributed by atoms with E-state index in [9.17, 15) is 22.8 Å². The molecule has 0 saturated carbocycles. The molecule has 0 aromatic carbocycles. The number of carboxylic acid groups (broad SMARTS) is 1. The number of carbonyl (C=O) groups excluding carboxylic acids is 1. The molecule has 0 aromatic rings. The van der Waals surface area contributed by atoms with E-state index in [1.165, 1.54) is 13.8 Å². The normalized spacial score (nSPS) is 15.9. The minimum absolute atomic E-state index is 0.105. The van der Waals surface area contributed by atoms with Gasteiger partial charge in [0.2, 0.25) is 11.9 Å². The fraction of sp³-hybridized carbons (Fsp3) is 0.750. The summed E-state index contributed by atoms with van der Waals surface area (Å²) >= 11 is 0. The molecular weight excluding hydrogens is 215 g/mol. The highest BCUT2D eigenvalue weighted by molar-refractivity contribution is 5.82. The third kappa shape index (κ3) is 2.21. The molecular formula is C8H12F3NO3. The molecule has 0 saturated heterocycles. The zero-order chi connectivity index (χ0) is 12.4. The SMILES string of the molecule is CC(C)N(C=O)C(C)(C(=O)O)C(F)(F)F. The first-order valence-electron chi connectivity index (χ1n) is 4.13. The lowest BCUT2D eigenvalue weighted by atomic mass is 9.98. The summed E-state index contributed by atoms with van der Waals surface area (Å²) in [5.74, 6) is -2.10. The van der Waals surface area contributed by atoms with Crippen molar-refractivity contribution in [1.29, 1.82) is 0 Å². The molecule has 88 valence electrons. The summed E-state index contributed by atoms with van der Waals surface area (Å²) in [5.41, 5.74) is -3.19. The van der Waals surface area contributed by atoms with Crippen LogP contribution in [0, 0.1) is 0 Å². The Labute approximate surface area is 84.7 Å². The fourth-order valence-electron chi connectivity index (χ4n) is 1.12. The summed E-state index contributed by atoms with van der Waals surface area (Å²) in [6.45, 7) is 3.08. The van der Waals surface area contributed by atoms with Gasteiger partial charge >= 0.3 is 12.1 Å². The number of rotatable bonds is 4. The van der Waals surface area contributed by atoms with E-state index in [-0.39, 0.29) is 11.3 Å². The van der Waals surface area contributed by atoms with Crippen molar-refractivity contribution in [2.24, 2.45) is 0 Å². The van der Waals surface area contributed by atoms with E-state index >= 15 is 0 Å². The van der Waals surface area contributed by atoms with Gasteiger partial charge in [0.15, 0.2) is 0 Å². The first-order valence-corrected chi connectivity index (χ1v) is 4.13. The smallest absolute Gasteiger partial charge is 0.422 e. The highest BCUT2D eigenvalue weighted by Crippen LogP contribution is 2.36. The molecule has 0 fully saturated rings. The first kappa shape index (κ1) is 13.7. The van der Waals surface area contributed by atoms with Gasteiger partial charge in [0.05, 0.1) is 0 Å². The Morgan fingerprint density at radius 1 is 1.40 bits per heavy atom. The van der Waals surface area contributed by atoms with Crippen molar-refractivity contribution < 1.29 is 27.9 Å². The van der Waals surface area contributed by atoms with Crippen LogP contribution in [-0.4, -0.2) is 40.1 Å². The Hall–Kier alpha value is -1.27. The van der Waals surface area contributed by atoms with Crippen LogP contribution < -0.4 is 0 Å². The molecule has 0 aliphatic carbocycles. The van der Waals surface area contributed by atoms with Crippen LogP contribution in [-0.2, 0) is 9.59 Å². The van der Waals surface area contributed by atoms with Gasteiger partial charge in [-0.1, -0.05) is 0 Å². The predicted molar refractivity (Wildman–Crippen MR) is 45.1 cm³/mol. The quantitative estimate of drug-likeness (QED) is 0.735. The van der Waals surface area contributed by atoms with Crippen LogP contribution in [0.4, 0.5) is 13.2 Å². The van der Waals surface area contributed by atoms with E-state index in [2.05, 4.69) is 0 Å². The summed E-state index contributed by atoms with van der Waals surface area (Å²) in [4.78, 5) is 21.4. The van der Waals surface area contributed by atoms with Gasteiger partial charge in [-0.15, -0.1) is 0 Å². The lowest BCUT2D eigenvalue weighted by molar-refractivity contribution is -0.233. The summed E-state index contributed by atoms with van der Waals surface area (Å²) in [6.07, 6.45) is -5.13. The van der Waals surface area contributed by atoms with E-state index in [0.717, 1.165) is 0 Å². The van der Waals surface area contributed by atoms with Crippen molar-refractivity contribution in [3.8, 4) is 0 Å². The van der Waals surface area contributed by atoms with E-state index in [4.69, 9.17) is 5.11 Å². The lowest BCUT2D eigenvalue weighted by Gasteiger charge is -2.38. The lowest BCUT2D eigenvalue weighted by Crippen LogP contribution is -2.63. The molecule has 0 heterocycles. The van der Waals surface area contributed by atoms with E-state index in [0.29, 0.717) is 6.92 Å². The molecule has 4 nitrogen and oxygen atoms in total. The Morgan fingerprint density at radius 3 is 1.87 bits per heavy atom. The second-order valence-electron chi connectivity index (χ2n) is 3.48. The minimum Gasteiger partial charge on any atom is -0.479 e. The molecule has 1 unspecified atom stereocenters. The summed E-state index contributed by atoms with van der Waals surface area (Å²) < 4.78 is 37.7. The Balaban J connectivity index is 5.47. The van der Waals surface area contributed by atoms with Gasteiger partial charge in [-0.25, -0.2) is 4.79 Å². The van der Waals surface area contributed by atoms with Gasteiger partial charge < -0.3 is 10.0 Å². The molecule has 1 atom stereocenters. The number of hydrogen-bond acceptors (Lipinski definition) is 2. The minimum atomic E-state index is -5.02. The maximum absolute atomic E-state index is 12.6. The molecule has 0 radical (unpaired) electrons. The standard InChI is InChI=1S/C8H12F3NO3/c1-5(2)12(4-13)7(3,6(14)15)8(9,10)11/h4-5H,1-3H3,(H,14,15). The number of alkyl halides is 3. The number of aliphatic carboxylic acids is 1. The third-order valence-corrected chi connectivity index (χ3v) is 2.15. The van der Waals surface area contributed by atoms with Crippen molar-refractivity contribution in [2.75, 3.05) is 0 Å². The van der Waals surface area contributed by atoms with E-state index in [1.54, 1.807) is 0 Å². The first-order chi connectivity index (χ1) is 6.59. The summed E-state index contributed by atoms with van der Waals surface area (Å²) in [7, 11) is 0. The second-order valence-corrected chi connectivity index (χ2v) is 3.48. The van der Waals surface area contributed by atoms with Crippen LogP contribution in [0.15, 0.2) is 0 Å². The number of carbonyl (C=O) groups is 2. The molecule has 0 aliphatic heterocycles. The average molecular weight is 227 g/mol. The highest BCUT2D eigenvalue weighted by Gasteiger charge is 2.61. The molecule has 7 heteroatoms. The average Bonchev–Trinajstić information content (AvgIpc) is 2.01. The maximum atomic E-state index is 12.6. The molecule has 1 amide bonds. The van der Waals surface area contributed by atoms with E-state index in [1.807, 2.05) is 0 Å². The summed E-state index contributed by atoms with van der Waals surface area (Å²) in [6, 6.07) is -0.856. The van der Waals surface area contributed by atoms with Gasteiger partial charge in [0, 0.05) is 6.04 Å². The van der Waals surface area contributed by atoms with Crippen LogP contribution in [0.3, 0.4) is 0 Å². The number of amides is 1. The largest absolute Gasteiger partial charge is 0.479 e. The Morgan fingerprint density at radius 2 is 1.80 bits per heavy atom. The molecule has 0 spiro atoms. The monoisotopic (exact) mass is 227 g/mol. The number of halogens is 3. The van der Waals surface area contributed by atoms with Crippen molar-refractivity contribution in [3.05, 3.63) is 0 Å². The molecule has 15 heavy (non-hydrogen) atoms. The van der Waals surface area contributed by atoms with Crippen molar-refractivity contribution in [1.82, 2.24) is 4.90 Å². The fourth-order valence-corrected chi connectivity index (χ4v) is 1.12. The van der Waals surface area contributed by atoms with Crippen molar-refractivity contribution in [3.63, 3.8) is 0 Å². The zero-order valence-corrected chi connectivity index (χ0v) is 8.50. The van der Waals surface area contributed by atoms with Gasteiger partial charge in [-0.05, 0) is 20.8 Å². The van der Waals surface area contributed by atoms with E-state index < -0.39 is 23.7 Å². The van der Waals surface area contributed by atoms with Gasteiger partial charge in [0.25, 0.3) is 0 Å². The van der Waals surface area contributed by atoms with Crippen LogP contribution in [0.5, 0.6) is 0 Å². The van der Waals surface area contributed by atoms with Crippen molar-refractivity contribution >= 4 is 12.4 Å². The number of hydrogen-bond donors (Lipinski definition) is 1. The van der Waals surface area contributed by atoms with Crippen LogP contribution in [0.25, 0.3) is 0 Å². The highest BCUT2D eigenvalue weighted by atomic mass is 19.4. The van der Waals surface area contributed by atoms with Gasteiger partial charge in [-0.3, -0.25) is 4.79 Å². The zero-order valence-electron chi connectivity index (χ0n) is 8.50. The van der Waals surface area contributed by atoms with Crippen molar-refractivity contribution in [2.45, 2.75) is 38.5 Å². The van der Waals surface area contributed by atoms with Crippen LogP contribution >= 0.6 is 0 Å². The maximum Gasteiger partial charge on any atom is 0.422 e. The predicted octanol–water partition coefficient (Wildman–Crippen LogP) is 1.26. The van der Waals surface area contributed by atoms with Crippen LogP contribution in [0.2, 0.25) is 0 Å². The Bertz CT molecular complexity index is 264. The van der Waals surface area contributed by atoms with Crippen LogP contribution in [0.1, 0.15) is 20.8 Å². The second kappa shape index (κ2) is 4.08. The molecule has 0 bridgehead atoms. The third-order valence-electron chi connectivity index (χ3n) is 2.15. The molecule has 0 rings (SSSR count). The van der Waals surface area contributed by atoms with Gasteiger partial charge in [0.1, 0.15) is 0 Å². The Kier molecular flexibility index (Phi) is 3.73. The number of nitrogens with zero attached hydrogens (tertiary/aromatic N) is 1. The topological polar surface area (TPSA) is 57.6 Å². The van der Waals surface area contributed by atoms with Gasteiger partial charge in [-0.2, -0.15) is 13.2 Å². The molecule has 0 aliphatic rings. The molecule has 1 N–H and O–H groups in total. The number of carboxylic acids is 1.